The molecule has 31 heavy (non-hydrogen) atoms. The molecule has 0 aromatic heterocycles. The molecule has 1 heterocycles. The van der Waals surface area contributed by atoms with Gasteiger partial charge in [-0.1, -0.05) is 12.1 Å². The van der Waals surface area contributed by atoms with Gasteiger partial charge in [0.2, 0.25) is 10.0 Å². The first-order chi connectivity index (χ1) is 14.9. The first-order valence-corrected chi connectivity index (χ1v) is 11.0. The van der Waals surface area contributed by atoms with E-state index in [9.17, 15) is 18.0 Å². The average molecular weight is 442 g/mol. The lowest BCUT2D eigenvalue weighted by Gasteiger charge is -2.24. The molecule has 1 atom stereocenters. The third kappa shape index (κ3) is 5.02. The van der Waals surface area contributed by atoms with Gasteiger partial charge in [-0.3, -0.25) is 9.59 Å². The summed E-state index contributed by atoms with van der Waals surface area (Å²) in [4.78, 5) is 24.5. The summed E-state index contributed by atoms with van der Waals surface area (Å²) in [6.45, 7) is 0.332. The van der Waals surface area contributed by atoms with E-state index in [1.165, 1.54) is 35.7 Å². The van der Waals surface area contributed by atoms with Crippen molar-refractivity contribution >= 4 is 27.5 Å². The molecule has 1 aliphatic rings. The van der Waals surface area contributed by atoms with Crippen LogP contribution >= 0.6 is 0 Å². The highest BCUT2D eigenvalue weighted by atomic mass is 32.2. The Labute approximate surface area is 180 Å². The number of nitriles is 1. The fourth-order valence-electron chi connectivity index (χ4n) is 3.37. The van der Waals surface area contributed by atoms with Crippen molar-refractivity contribution in [2.45, 2.75) is 23.8 Å². The number of carbonyl (C=O) groups is 2. The van der Waals surface area contributed by atoms with Crippen LogP contribution in [0.15, 0.2) is 53.4 Å². The van der Waals surface area contributed by atoms with Crippen LogP contribution in [0.4, 0.5) is 5.69 Å². The van der Waals surface area contributed by atoms with Crippen molar-refractivity contribution in [2.75, 3.05) is 25.5 Å². The number of rotatable bonds is 6. The summed E-state index contributed by atoms with van der Waals surface area (Å²) in [6.07, 6.45) is 1.21. The lowest BCUT2D eigenvalue weighted by molar-refractivity contribution is -0.136. The largest absolute Gasteiger partial charge is 0.497 e. The van der Waals surface area contributed by atoms with E-state index in [2.05, 4.69) is 10.6 Å². The number of sulfonamides is 1. The molecule has 2 aromatic rings. The molecule has 1 aliphatic heterocycles. The van der Waals surface area contributed by atoms with Gasteiger partial charge >= 0.3 is 11.8 Å². The normalized spacial score (nSPS) is 16.3. The number of nitrogens with zero attached hydrogens (tertiary/aromatic N) is 2. The summed E-state index contributed by atoms with van der Waals surface area (Å²) in [6, 6.07) is 13.9. The minimum Gasteiger partial charge on any atom is -0.497 e. The summed E-state index contributed by atoms with van der Waals surface area (Å²) in [7, 11) is -2.25. The van der Waals surface area contributed by atoms with E-state index >= 15 is 0 Å². The van der Waals surface area contributed by atoms with Gasteiger partial charge in [-0.2, -0.15) is 9.57 Å². The molecular formula is C21H22N4O5S. The molecular weight excluding hydrogens is 420 g/mol. The number of ether oxygens (including phenoxy) is 1. The van der Waals surface area contributed by atoms with Crippen molar-refractivity contribution in [3.63, 3.8) is 0 Å². The van der Waals surface area contributed by atoms with Crippen LogP contribution < -0.4 is 15.4 Å². The van der Waals surface area contributed by atoms with Crippen LogP contribution in [0.5, 0.6) is 5.75 Å². The molecule has 1 fully saturated rings. The third-order valence-corrected chi connectivity index (χ3v) is 6.96. The lowest BCUT2D eigenvalue weighted by atomic mass is 10.2. The Hall–Kier alpha value is -3.42. The van der Waals surface area contributed by atoms with Crippen LogP contribution in [0, 0.1) is 11.3 Å². The number of hydrogen-bond donors (Lipinski definition) is 2. The molecule has 0 aliphatic carbocycles. The minimum absolute atomic E-state index is 0.00152. The Morgan fingerprint density at radius 2 is 1.87 bits per heavy atom. The molecule has 9 nitrogen and oxygen atoms in total. The highest BCUT2D eigenvalue weighted by Crippen LogP contribution is 2.27. The Morgan fingerprint density at radius 1 is 1.16 bits per heavy atom. The SMILES string of the molecule is COc1ccc(S(=O)(=O)N2CCC[C@@H]2CNC(=O)C(=O)Nc2ccccc2C#N)cc1. The maximum absolute atomic E-state index is 13.0. The van der Waals surface area contributed by atoms with Crippen molar-refractivity contribution in [1.82, 2.24) is 9.62 Å². The maximum Gasteiger partial charge on any atom is 0.313 e. The Morgan fingerprint density at radius 3 is 2.55 bits per heavy atom. The topological polar surface area (TPSA) is 129 Å². The van der Waals surface area contributed by atoms with E-state index in [0.29, 0.717) is 25.1 Å². The van der Waals surface area contributed by atoms with Crippen molar-refractivity contribution in [3.8, 4) is 11.8 Å². The number of anilines is 1. The number of methoxy groups -OCH3 is 1. The van der Waals surface area contributed by atoms with E-state index in [1.807, 2.05) is 6.07 Å². The van der Waals surface area contributed by atoms with Crippen LogP contribution in [-0.4, -0.2) is 50.8 Å². The molecule has 0 spiro atoms. The third-order valence-electron chi connectivity index (χ3n) is 4.99. The number of nitrogens with one attached hydrogen (secondary N) is 2. The predicted molar refractivity (Wildman–Crippen MR) is 113 cm³/mol. The molecule has 2 amide bonds. The van der Waals surface area contributed by atoms with E-state index in [4.69, 9.17) is 10.00 Å². The average Bonchev–Trinajstić information content (AvgIpc) is 3.27. The first-order valence-electron chi connectivity index (χ1n) is 9.61. The van der Waals surface area contributed by atoms with E-state index in [-0.39, 0.29) is 22.7 Å². The van der Waals surface area contributed by atoms with Crippen molar-refractivity contribution in [1.29, 1.82) is 5.26 Å². The number of para-hydroxylation sites is 1. The van der Waals surface area contributed by atoms with Crippen LogP contribution in [-0.2, 0) is 19.6 Å². The molecule has 3 rings (SSSR count). The van der Waals surface area contributed by atoms with Gasteiger partial charge in [-0.15, -0.1) is 0 Å². The van der Waals surface area contributed by atoms with Gasteiger partial charge in [0.1, 0.15) is 11.8 Å². The summed E-state index contributed by atoms with van der Waals surface area (Å²) in [5.74, 6) is -1.28. The molecule has 1 saturated heterocycles. The second-order valence-electron chi connectivity index (χ2n) is 6.91. The second-order valence-corrected chi connectivity index (χ2v) is 8.80. The van der Waals surface area contributed by atoms with Crippen LogP contribution in [0.3, 0.4) is 0 Å². The van der Waals surface area contributed by atoms with Crippen molar-refractivity contribution in [3.05, 3.63) is 54.1 Å². The Bertz CT molecular complexity index is 1110. The minimum atomic E-state index is -3.75. The van der Waals surface area contributed by atoms with Gasteiger partial charge in [0, 0.05) is 19.1 Å². The van der Waals surface area contributed by atoms with Crippen LogP contribution in [0.25, 0.3) is 0 Å². The summed E-state index contributed by atoms with van der Waals surface area (Å²) in [5, 5.41) is 14.0. The molecule has 10 heteroatoms. The van der Waals surface area contributed by atoms with Crippen LogP contribution in [0.2, 0.25) is 0 Å². The lowest BCUT2D eigenvalue weighted by Crippen LogP contribution is -2.45. The second kappa shape index (κ2) is 9.59. The van der Waals surface area contributed by atoms with Crippen LogP contribution in [0.1, 0.15) is 18.4 Å². The van der Waals surface area contributed by atoms with Gasteiger partial charge in [0.25, 0.3) is 0 Å². The standard InChI is InChI=1S/C21H22N4O5S/c1-30-17-8-10-18(11-9-17)31(28,29)25-12-4-6-16(25)14-23-20(26)21(27)24-19-7-3-2-5-15(19)13-22/h2-3,5,7-11,16H,4,6,12,14H2,1H3,(H,23,26)(H,24,27)/t16-/m1/s1. The van der Waals surface area contributed by atoms with Crippen molar-refractivity contribution < 1.29 is 22.7 Å². The highest BCUT2D eigenvalue weighted by Gasteiger charge is 2.35. The zero-order valence-corrected chi connectivity index (χ0v) is 17.7. The highest BCUT2D eigenvalue weighted by molar-refractivity contribution is 7.89. The molecule has 0 radical (unpaired) electrons. The summed E-state index contributed by atoms with van der Waals surface area (Å²) >= 11 is 0. The van der Waals surface area contributed by atoms with Gasteiger partial charge in [0.05, 0.1) is 23.3 Å². The molecule has 2 N–H and O–H groups in total. The Kier molecular flexibility index (Phi) is 6.89. The zero-order chi connectivity index (χ0) is 22.4. The molecule has 0 unspecified atom stereocenters. The fourth-order valence-corrected chi connectivity index (χ4v) is 5.06. The quantitative estimate of drug-likeness (QED) is 0.652. The van der Waals surface area contributed by atoms with Gasteiger partial charge in [-0.25, -0.2) is 8.42 Å². The van der Waals surface area contributed by atoms with Gasteiger partial charge < -0.3 is 15.4 Å². The number of hydrogen-bond acceptors (Lipinski definition) is 6. The monoisotopic (exact) mass is 442 g/mol. The summed E-state index contributed by atoms with van der Waals surface area (Å²) in [5.41, 5.74) is 0.464. The zero-order valence-electron chi connectivity index (χ0n) is 16.9. The molecule has 0 saturated carbocycles. The Balaban J connectivity index is 1.63. The molecule has 162 valence electrons. The van der Waals surface area contributed by atoms with E-state index in [0.717, 1.165) is 0 Å². The number of carbonyl (C=O) groups excluding carboxylic acids is 2. The fraction of sp³-hybridized carbons (Fsp3) is 0.286. The first kappa shape index (κ1) is 22.3. The van der Waals surface area contributed by atoms with Gasteiger partial charge in [-0.05, 0) is 49.2 Å². The molecule has 2 aromatic carbocycles. The smallest absolute Gasteiger partial charge is 0.313 e. The summed E-state index contributed by atoms with van der Waals surface area (Å²) < 4.78 is 32.4. The number of amides is 2. The maximum atomic E-state index is 13.0. The number of benzene rings is 2. The van der Waals surface area contributed by atoms with Crippen molar-refractivity contribution in [2.24, 2.45) is 0 Å². The predicted octanol–water partition coefficient (Wildman–Crippen LogP) is 1.47. The molecule has 0 bridgehead atoms. The van der Waals surface area contributed by atoms with E-state index in [1.54, 1.807) is 24.3 Å². The van der Waals surface area contributed by atoms with Gasteiger partial charge in [0.15, 0.2) is 0 Å². The van der Waals surface area contributed by atoms with E-state index < -0.39 is 27.9 Å².